The second kappa shape index (κ2) is 4.19. The number of aryl methyl sites for hydroxylation is 2. The van der Waals surface area contributed by atoms with E-state index in [1.807, 2.05) is 22.6 Å². The van der Waals surface area contributed by atoms with E-state index >= 15 is 0 Å². The number of nitrogens with one attached hydrogen (secondary N) is 1. The average molecular weight is 272 g/mol. The number of rotatable bonds is 1. The van der Waals surface area contributed by atoms with Crippen molar-refractivity contribution in [2.45, 2.75) is 38.1 Å². The second-order valence-electron chi connectivity index (χ2n) is 6.19. The molecule has 1 spiro atoms. The van der Waals surface area contributed by atoms with Gasteiger partial charge in [0.2, 0.25) is 0 Å². The number of aromatic nitrogens is 2. The van der Waals surface area contributed by atoms with Gasteiger partial charge in [0.05, 0.1) is 5.69 Å². The number of imidazole rings is 1. The van der Waals surface area contributed by atoms with Crippen LogP contribution in [0.2, 0.25) is 0 Å². The maximum atomic E-state index is 12.9. The van der Waals surface area contributed by atoms with Crippen LogP contribution in [-0.2, 0) is 6.42 Å². The first-order chi connectivity index (χ1) is 9.69. The van der Waals surface area contributed by atoms with Gasteiger partial charge in [0.1, 0.15) is 11.5 Å². The Morgan fingerprint density at radius 1 is 1.45 bits per heavy atom. The highest BCUT2D eigenvalue weighted by atomic mass is 16.2. The number of nitrogens with zero attached hydrogens (tertiary/aromatic N) is 3. The summed E-state index contributed by atoms with van der Waals surface area (Å²) in [5, 5.41) is 3.55. The van der Waals surface area contributed by atoms with E-state index in [0.29, 0.717) is 0 Å². The standard InChI is InChI=1S/C15H20N4O/c1-11-13(19-8-3-2-4-12(19)17-11)14(20)18-9-7-16-15(10-18)5-6-15/h3,8,16H,2,4-7,9-10H2,1H3. The van der Waals surface area contributed by atoms with Crippen molar-refractivity contribution < 1.29 is 4.79 Å². The van der Waals surface area contributed by atoms with Crippen LogP contribution in [0, 0.1) is 6.92 Å². The Labute approximate surface area is 118 Å². The van der Waals surface area contributed by atoms with Crippen molar-refractivity contribution in [3.05, 3.63) is 23.3 Å². The fourth-order valence-corrected chi connectivity index (χ4v) is 3.36. The fraction of sp³-hybridized carbons (Fsp3) is 0.600. The predicted octanol–water partition coefficient (Wildman–Crippen LogP) is 1.19. The van der Waals surface area contributed by atoms with Gasteiger partial charge in [0.25, 0.3) is 5.91 Å². The molecule has 1 aromatic rings. The van der Waals surface area contributed by atoms with Gasteiger partial charge in [-0.2, -0.15) is 0 Å². The molecule has 106 valence electrons. The number of fused-ring (bicyclic) bond motifs is 1. The molecule has 20 heavy (non-hydrogen) atoms. The van der Waals surface area contributed by atoms with Gasteiger partial charge in [-0.15, -0.1) is 0 Å². The molecular weight excluding hydrogens is 252 g/mol. The van der Waals surface area contributed by atoms with Crippen LogP contribution in [-0.4, -0.2) is 45.5 Å². The Bertz CT molecular complexity index is 597. The molecule has 1 aromatic heterocycles. The molecule has 2 fully saturated rings. The summed E-state index contributed by atoms with van der Waals surface area (Å²) < 4.78 is 1.99. The summed E-state index contributed by atoms with van der Waals surface area (Å²) in [4.78, 5) is 19.4. The summed E-state index contributed by atoms with van der Waals surface area (Å²) in [5.41, 5.74) is 1.84. The number of hydrogen-bond donors (Lipinski definition) is 1. The van der Waals surface area contributed by atoms with E-state index in [1.165, 1.54) is 12.8 Å². The molecular formula is C15H20N4O. The van der Waals surface area contributed by atoms with Crippen LogP contribution in [0.15, 0.2) is 6.08 Å². The zero-order valence-corrected chi connectivity index (χ0v) is 11.9. The third-order valence-electron chi connectivity index (χ3n) is 4.67. The van der Waals surface area contributed by atoms with Crippen LogP contribution in [0.25, 0.3) is 6.20 Å². The van der Waals surface area contributed by atoms with E-state index in [1.54, 1.807) is 0 Å². The van der Waals surface area contributed by atoms with Crippen LogP contribution in [0.5, 0.6) is 0 Å². The molecule has 1 saturated carbocycles. The van der Waals surface area contributed by atoms with Gasteiger partial charge >= 0.3 is 0 Å². The van der Waals surface area contributed by atoms with Crippen molar-refractivity contribution in [2.75, 3.05) is 19.6 Å². The van der Waals surface area contributed by atoms with E-state index in [0.717, 1.165) is 49.7 Å². The molecule has 5 nitrogen and oxygen atoms in total. The Kier molecular flexibility index (Phi) is 2.54. The SMILES string of the molecule is Cc1nc2n(c1C(=O)N1CCNC3(CC3)C1)C=CCC2. The normalized spacial score (nSPS) is 22.9. The molecule has 0 atom stereocenters. The second-order valence-corrected chi connectivity index (χ2v) is 6.19. The predicted molar refractivity (Wildman–Crippen MR) is 76.5 cm³/mol. The quantitative estimate of drug-likeness (QED) is 0.835. The van der Waals surface area contributed by atoms with Crippen LogP contribution in [0.1, 0.15) is 41.3 Å². The van der Waals surface area contributed by atoms with E-state index in [2.05, 4.69) is 16.4 Å². The molecule has 0 bridgehead atoms. The summed E-state index contributed by atoms with van der Waals surface area (Å²) in [7, 11) is 0. The summed E-state index contributed by atoms with van der Waals surface area (Å²) in [5.74, 6) is 1.16. The summed E-state index contributed by atoms with van der Waals surface area (Å²) >= 11 is 0. The zero-order chi connectivity index (χ0) is 13.7. The molecule has 0 aromatic carbocycles. The van der Waals surface area contributed by atoms with Crippen molar-refractivity contribution in [1.29, 1.82) is 0 Å². The van der Waals surface area contributed by atoms with E-state index in [4.69, 9.17) is 0 Å². The van der Waals surface area contributed by atoms with E-state index in [-0.39, 0.29) is 11.4 Å². The maximum Gasteiger partial charge on any atom is 0.272 e. The summed E-state index contributed by atoms with van der Waals surface area (Å²) in [6.45, 7) is 4.49. The minimum atomic E-state index is 0.139. The first-order valence-corrected chi connectivity index (χ1v) is 7.47. The zero-order valence-electron chi connectivity index (χ0n) is 11.9. The maximum absolute atomic E-state index is 12.9. The molecule has 1 amide bonds. The Morgan fingerprint density at radius 2 is 2.30 bits per heavy atom. The first kappa shape index (κ1) is 12.1. The molecule has 4 rings (SSSR count). The topological polar surface area (TPSA) is 50.2 Å². The number of hydrogen-bond acceptors (Lipinski definition) is 3. The van der Waals surface area contributed by atoms with Crippen LogP contribution in [0.3, 0.4) is 0 Å². The van der Waals surface area contributed by atoms with Crippen molar-refractivity contribution >= 4 is 12.1 Å². The smallest absolute Gasteiger partial charge is 0.272 e. The minimum absolute atomic E-state index is 0.139. The van der Waals surface area contributed by atoms with Crippen LogP contribution >= 0.6 is 0 Å². The number of carbonyl (C=O) groups excluding carboxylic acids is 1. The highest BCUT2D eigenvalue weighted by Crippen LogP contribution is 2.38. The minimum Gasteiger partial charge on any atom is -0.334 e. The van der Waals surface area contributed by atoms with Gasteiger partial charge in [0.15, 0.2) is 0 Å². The third-order valence-corrected chi connectivity index (χ3v) is 4.67. The third kappa shape index (κ3) is 1.80. The lowest BCUT2D eigenvalue weighted by Gasteiger charge is -2.34. The Balaban J connectivity index is 1.66. The highest BCUT2D eigenvalue weighted by Gasteiger charge is 2.47. The van der Waals surface area contributed by atoms with Crippen molar-refractivity contribution in [3.63, 3.8) is 0 Å². The van der Waals surface area contributed by atoms with Crippen LogP contribution < -0.4 is 5.32 Å². The lowest BCUT2D eigenvalue weighted by Crippen LogP contribution is -2.54. The molecule has 2 aliphatic heterocycles. The van der Waals surface area contributed by atoms with Crippen molar-refractivity contribution in [2.24, 2.45) is 0 Å². The number of piperazine rings is 1. The van der Waals surface area contributed by atoms with Gasteiger partial charge in [0, 0.05) is 37.8 Å². The molecule has 3 heterocycles. The molecule has 1 aliphatic carbocycles. The first-order valence-electron chi connectivity index (χ1n) is 7.47. The van der Waals surface area contributed by atoms with E-state index < -0.39 is 0 Å². The molecule has 1 saturated heterocycles. The highest BCUT2D eigenvalue weighted by molar-refractivity contribution is 5.95. The van der Waals surface area contributed by atoms with Gasteiger partial charge in [-0.1, -0.05) is 6.08 Å². The summed E-state index contributed by atoms with van der Waals surface area (Å²) in [6.07, 6.45) is 8.45. The van der Waals surface area contributed by atoms with Crippen LogP contribution in [0.4, 0.5) is 0 Å². The monoisotopic (exact) mass is 272 g/mol. The largest absolute Gasteiger partial charge is 0.334 e. The lowest BCUT2D eigenvalue weighted by molar-refractivity contribution is 0.0682. The molecule has 1 N–H and O–H groups in total. The van der Waals surface area contributed by atoms with Crippen molar-refractivity contribution in [1.82, 2.24) is 19.8 Å². The molecule has 0 radical (unpaired) electrons. The Hall–Kier alpha value is -1.62. The number of carbonyl (C=O) groups is 1. The molecule has 5 heteroatoms. The van der Waals surface area contributed by atoms with Crippen molar-refractivity contribution in [3.8, 4) is 0 Å². The molecule has 3 aliphatic rings. The van der Waals surface area contributed by atoms with Gasteiger partial charge in [-0.3, -0.25) is 9.36 Å². The van der Waals surface area contributed by atoms with Gasteiger partial charge in [-0.25, -0.2) is 4.98 Å². The van der Waals surface area contributed by atoms with E-state index in [9.17, 15) is 4.79 Å². The fourth-order valence-electron chi connectivity index (χ4n) is 3.36. The molecule has 0 unspecified atom stereocenters. The number of amides is 1. The summed E-state index contributed by atoms with van der Waals surface area (Å²) in [6, 6.07) is 0. The Morgan fingerprint density at radius 3 is 3.10 bits per heavy atom. The average Bonchev–Trinajstić information content (AvgIpc) is 3.10. The van der Waals surface area contributed by atoms with Gasteiger partial charge in [-0.05, 0) is 26.2 Å². The van der Waals surface area contributed by atoms with Gasteiger partial charge < -0.3 is 10.2 Å². The number of allylic oxidation sites excluding steroid dienone is 1. The lowest BCUT2D eigenvalue weighted by atomic mass is 10.1.